The summed E-state index contributed by atoms with van der Waals surface area (Å²) in [5, 5.41) is 0. The van der Waals surface area contributed by atoms with E-state index in [1.807, 2.05) is 0 Å². The molecule has 1 heterocycles. The van der Waals surface area contributed by atoms with Gasteiger partial charge in [0.25, 0.3) is 6.01 Å². The number of hydrogen-bond donors (Lipinski definition) is 0. The van der Waals surface area contributed by atoms with E-state index in [9.17, 15) is 0 Å². The Morgan fingerprint density at radius 1 is 1.50 bits per heavy atom. The van der Waals surface area contributed by atoms with Crippen molar-refractivity contribution < 1.29 is 4.42 Å². The van der Waals surface area contributed by atoms with Gasteiger partial charge in [-0.15, -0.1) is 0 Å². The first-order valence-electron chi connectivity index (χ1n) is 4.53. The normalized spacial score (nSPS) is 10.2. The van der Waals surface area contributed by atoms with E-state index in [1.54, 1.807) is 12.5 Å². The van der Waals surface area contributed by atoms with Gasteiger partial charge in [0.1, 0.15) is 6.26 Å². The van der Waals surface area contributed by atoms with Gasteiger partial charge in [0, 0.05) is 13.1 Å². The first-order valence-corrected chi connectivity index (χ1v) is 4.53. The molecule has 1 aromatic rings. The van der Waals surface area contributed by atoms with Crippen LogP contribution >= 0.6 is 0 Å². The van der Waals surface area contributed by atoms with E-state index < -0.39 is 0 Å². The van der Waals surface area contributed by atoms with Gasteiger partial charge in [-0.25, -0.2) is 4.98 Å². The number of unbranched alkanes of at least 4 members (excludes halogenated alkanes) is 1. The SMILES string of the molecule is CCCCN(CC)c1ncco1. The van der Waals surface area contributed by atoms with Gasteiger partial charge >= 0.3 is 0 Å². The molecule has 0 saturated heterocycles. The van der Waals surface area contributed by atoms with Gasteiger partial charge < -0.3 is 9.32 Å². The maximum Gasteiger partial charge on any atom is 0.297 e. The predicted octanol–water partition coefficient (Wildman–Crippen LogP) is 2.30. The van der Waals surface area contributed by atoms with Crippen LogP contribution in [0.15, 0.2) is 16.9 Å². The van der Waals surface area contributed by atoms with E-state index in [1.165, 1.54) is 12.8 Å². The van der Waals surface area contributed by atoms with Crippen molar-refractivity contribution in [2.75, 3.05) is 18.0 Å². The lowest BCUT2D eigenvalue weighted by molar-refractivity contribution is 0.531. The zero-order chi connectivity index (χ0) is 8.81. The molecule has 0 saturated carbocycles. The standard InChI is InChI=1S/C9H16N2O/c1-3-5-7-11(4-2)9-10-6-8-12-9/h6,8H,3-5,7H2,1-2H3. The molecule has 0 fully saturated rings. The summed E-state index contributed by atoms with van der Waals surface area (Å²) in [6.07, 6.45) is 5.70. The molecule has 3 heteroatoms. The van der Waals surface area contributed by atoms with Gasteiger partial charge in [0.2, 0.25) is 0 Å². The summed E-state index contributed by atoms with van der Waals surface area (Å²) in [4.78, 5) is 6.24. The summed E-state index contributed by atoms with van der Waals surface area (Å²) in [6, 6.07) is 0.742. The second-order valence-electron chi connectivity index (χ2n) is 2.75. The molecule has 12 heavy (non-hydrogen) atoms. The third-order valence-corrected chi connectivity index (χ3v) is 1.85. The van der Waals surface area contributed by atoms with Crippen molar-refractivity contribution in [3.05, 3.63) is 12.5 Å². The Morgan fingerprint density at radius 3 is 2.83 bits per heavy atom. The number of rotatable bonds is 5. The van der Waals surface area contributed by atoms with Crippen molar-refractivity contribution in [2.45, 2.75) is 26.7 Å². The molecule has 1 aromatic heterocycles. The fourth-order valence-electron chi connectivity index (χ4n) is 1.11. The van der Waals surface area contributed by atoms with Gasteiger partial charge in [-0.2, -0.15) is 0 Å². The molecule has 0 spiro atoms. The summed E-state index contributed by atoms with van der Waals surface area (Å²) >= 11 is 0. The number of nitrogens with zero attached hydrogens (tertiary/aromatic N) is 2. The Kier molecular flexibility index (Phi) is 3.64. The zero-order valence-electron chi connectivity index (χ0n) is 7.79. The van der Waals surface area contributed by atoms with Crippen LogP contribution in [0, 0.1) is 0 Å². The molecule has 0 aliphatic rings. The highest BCUT2D eigenvalue weighted by molar-refractivity contribution is 5.23. The van der Waals surface area contributed by atoms with Crippen LogP contribution < -0.4 is 4.90 Å². The van der Waals surface area contributed by atoms with Crippen LogP contribution in [0.2, 0.25) is 0 Å². The first kappa shape index (κ1) is 9.10. The number of hydrogen-bond acceptors (Lipinski definition) is 3. The molecule has 0 unspecified atom stereocenters. The molecular formula is C9H16N2O. The summed E-state index contributed by atoms with van der Waals surface area (Å²) < 4.78 is 5.20. The van der Waals surface area contributed by atoms with Crippen molar-refractivity contribution in [3.63, 3.8) is 0 Å². The van der Waals surface area contributed by atoms with E-state index in [-0.39, 0.29) is 0 Å². The molecule has 0 N–H and O–H groups in total. The maximum atomic E-state index is 5.20. The van der Waals surface area contributed by atoms with Crippen molar-refractivity contribution >= 4 is 6.01 Å². The maximum absolute atomic E-state index is 5.20. The monoisotopic (exact) mass is 168 g/mol. The van der Waals surface area contributed by atoms with Crippen LogP contribution in [-0.2, 0) is 0 Å². The van der Waals surface area contributed by atoms with Gasteiger partial charge in [-0.05, 0) is 13.3 Å². The molecule has 0 bridgehead atoms. The van der Waals surface area contributed by atoms with Gasteiger partial charge in [-0.1, -0.05) is 13.3 Å². The van der Waals surface area contributed by atoms with E-state index in [2.05, 4.69) is 23.7 Å². The topological polar surface area (TPSA) is 29.3 Å². The molecule has 0 aliphatic carbocycles. The average Bonchev–Trinajstić information content (AvgIpc) is 2.59. The Hall–Kier alpha value is -0.990. The van der Waals surface area contributed by atoms with E-state index >= 15 is 0 Å². The van der Waals surface area contributed by atoms with E-state index in [0.29, 0.717) is 0 Å². The Labute approximate surface area is 73.4 Å². The Balaban J connectivity index is 2.45. The summed E-state index contributed by atoms with van der Waals surface area (Å²) in [7, 11) is 0. The van der Waals surface area contributed by atoms with Crippen molar-refractivity contribution in [1.82, 2.24) is 4.98 Å². The quantitative estimate of drug-likeness (QED) is 0.675. The van der Waals surface area contributed by atoms with Gasteiger partial charge in [-0.3, -0.25) is 0 Å². The van der Waals surface area contributed by atoms with Gasteiger partial charge in [0.15, 0.2) is 0 Å². The summed E-state index contributed by atoms with van der Waals surface area (Å²) in [5.41, 5.74) is 0. The number of oxazole rings is 1. The van der Waals surface area contributed by atoms with Crippen LogP contribution in [0.4, 0.5) is 6.01 Å². The average molecular weight is 168 g/mol. The molecule has 0 aromatic carbocycles. The second-order valence-corrected chi connectivity index (χ2v) is 2.75. The lowest BCUT2D eigenvalue weighted by atomic mass is 10.3. The van der Waals surface area contributed by atoms with Crippen LogP contribution in [-0.4, -0.2) is 18.1 Å². The van der Waals surface area contributed by atoms with Crippen LogP contribution in [0.1, 0.15) is 26.7 Å². The smallest absolute Gasteiger partial charge is 0.297 e. The third kappa shape index (κ3) is 2.26. The van der Waals surface area contributed by atoms with Crippen molar-refractivity contribution in [3.8, 4) is 0 Å². The highest BCUT2D eigenvalue weighted by Gasteiger charge is 2.06. The van der Waals surface area contributed by atoms with Crippen LogP contribution in [0.3, 0.4) is 0 Å². The lowest BCUT2D eigenvalue weighted by Crippen LogP contribution is -2.23. The Bertz CT molecular complexity index is 196. The van der Waals surface area contributed by atoms with E-state index in [0.717, 1.165) is 19.1 Å². The summed E-state index contributed by atoms with van der Waals surface area (Å²) in [5.74, 6) is 0. The van der Waals surface area contributed by atoms with Crippen LogP contribution in [0.25, 0.3) is 0 Å². The van der Waals surface area contributed by atoms with Gasteiger partial charge in [0.05, 0.1) is 6.20 Å². The number of aromatic nitrogens is 1. The minimum Gasteiger partial charge on any atom is -0.432 e. The lowest BCUT2D eigenvalue weighted by Gasteiger charge is -2.17. The largest absolute Gasteiger partial charge is 0.432 e. The molecule has 68 valence electrons. The fourth-order valence-corrected chi connectivity index (χ4v) is 1.11. The Morgan fingerprint density at radius 2 is 2.33 bits per heavy atom. The highest BCUT2D eigenvalue weighted by atomic mass is 16.4. The zero-order valence-corrected chi connectivity index (χ0v) is 7.79. The second kappa shape index (κ2) is 4.80. The minimum atomic E-state index is 0.742. The third-order valence-electron chi connectivity index (χ3n) is 1.85. The molecule has 0 atom stereocenters. The molecule has 0 radical (unpaired) electrons. The predicted molar refractivity (Wildman–Crippen MR) is 49.3 cm³/mol. The van der Waals surface area contributed by atoms with Crippen LogP contribution in [0.5, 0.6) is 0 Å². The molecular weight excluding hydrogens is 152 g/mol. The number of anilines is 1. The highest BCUT2D eigenvalue weighted by Crippen LogP contribution is 2.10. The minimum absolute atomic E-state index is 0.742. The fraction of sp³-hybridized carbons (Fsp3) is 0.667. The molecule has 0 amide bonds. The molecule has 3 nitrogen and oxygen atoms in total. The summed E-state index contributed by atoms with van der Waals surface area (Å²) in [6.45, 7) is 6.29. The molecule has 0 aliphatic heterocycles. The van der Waals surface area contributed by atoms with E-state index in [4.69, 9.17) is 4.42 Å². The van der Waals surface area contributed by atoms with Crippen molar-refractivity contribution in [1.29, 1.82) is 0 Å². The van der Waals surface area contributed by atoms with Crippen molar-refractivity contribution in [2.24, 2.45) is 0 Å². The first-order chi connectivity index (χ1) is 5.88. The molecule has 1 rings (SSSR count).